The highest BCUT2D eigenvalue weighted by molar-refractivity contribution is 7.98. The molecule has 0 saturated heterocycles. The van der Waals surface area contributed by atoms with Crippen LogP contribution in [0.25, 0.3) is 0 Å². The Labute approximate surface area is 96.6 Å². The molecular weight excluding hydrogens is 206 g/mol. The van der Waals surface area contributed by atoms with Gasteiger partial charge in [0.15, 0.2) is 0 Å². The molecule has 0 aliphatic carbocycles. The molecule has 0 aliphatic heterocycles. The molecular formula is C12H21NOS. The number of hydrogen-bond donors (Lipinski definition) is 1. The van der Waals surface area contributed by atoms with Crippen molar-refractivity contribution in [1.82, 2.24) is 0 Å². The molecule has 3 heteroatoms. The maximum absolute atomic E-state index is 5.93. The van der Waals surface area contributed by atoms with Crippen LogP contribution in [0.3, 0.4) is 0 Å². The second-order valence-electron chi connectivity index (χ2n) is 3.79. The first kappa shape index (κ1) is 12.7. The molecule has 0 aromatic carbocycles. The Morgan fingerprint density at radius 3 is 2.67 bits per heavy atom. The Morgan fingerprint density at radius 1 is 1.33 bits per heavy atom. The highest BCUT2D eigenvalue weighted by Gasteiger charge is 2.04. The number of aryl methyl sites for hydroxylation is 1. The van der Waals surface area contributed by atoms with Crippen molar-refractivity contribution in [3.05, 3.63) is 23.7 Å². The molecule has 15 heavy (non-hydrogen) atoms. The van der Waals surface area contributed by atoms with Gasteiger partial charge in [-0.3, -0.25) is 0 Å². The summed E-state index contributed by atoms with van der Waals surface area (Å²) in [5.74, 6) is 4.11. The minimum Gasteiger partial charge on any atom is -0.465 e. The highest BCUT2D eigenvalue weighted by atomic mass is 32.2. The van der Waals surface area contributed by atoms with Crippen LogP contribution in [-0.4, -0.2) is 11.8 Å². The lowest BCUT2D eigenvalue weighted by molar-refractivity contribution is 0.485. The third kappa shape index (κ3) is 4.76. The van der Waals surface area contributed by atoms with Gasteiger partial charge >= 0.3 is 0 Å². The quantitative estimate of drug-likeness (QED) is 0.777. The molecule has 0 spiro atoms. The zero-order chi connectivity index (χ0) is 11.1. The van der Waals surface area contributed by atoms with Crippen LogP contribution in [0, 0.1) is 0 Å². The van der Waals surface area contributed by atoms with Gasteiger partial charge in [-0.05, 0) is 18.6 Å². The Morgan fingerprint density at radius 2 is 2.07 bits per heavy atom. The second-order valence-corrected chi connectivity index (χ2v) is 4.82. The number of furan rings is 1. The minimum absolute atomic E-state index is 0.334. The van der Waals surface area contributed by atoms with Crippen molar-refractivity contribution < 1.29 is 4.42 Å². The molecule has 0 radical (unpaired) electrons. The average molecular weight is 227 g/mol. The van der Waals surface area contributed by atoms with Crippen molar-refractivity contribution in [1.29, 1.82) is 0 Å². The standard InChI is InChI=1S/C12H21NOS/c1-3-5-10(13)8-15-9-12-7-6-11(4-2)14-12/h6-7,10H,3-5,8-9,13H2,1-2H3. The zero-order valence-electron chi connectivity index (χ0n) is 9.66. The van der Waals surface area contributed by atoms with Crippen LogP contribution >= 0.6 is 11.8 Å². The van der Waals surface area contributed by atoms with E-state index in [1.54, 1.807) is 0 Å². The summed E-state index contributed by atoms with van der Waals surface area (Å²) in [5.41, 5.74) is 5.93. The molecule has 1 rings (SSSR count). The largest absolute Gasteiger partial charge is 0.465 e. The number of hydrogen-bond acceptors (Lipinski definition) is 3. The number of nitrogens with two attached hydrogens (primary N) is 1. The first-order valence-electron chi connectivity index (χ1n) is 5.67. The normalized spacial score (nSPS) is 13.0. The lowest BCUT2D eigenvalue weighted by Gasteiger charge is -2.08. The van der Waals surface area contributed by atoms with Gasteiger partial charge in [0.25, 0.3) is 0 Å². The molecule has 2 N–H and O–H groups in total. The van der Waals surface area contributed by atoms with Crippen LogP contribution < -0.4 is 5.73 Å². The van der Waals surface area contributed by atoms with E-state index in [1.165, 1.54) is 6.42 Å². The van der Waals surface area contributed by atoms with Gasteiger partial charge in [0, 0.05) is 18.2 Å². The first-order chi connectivity index (χ1) is 7.26. The third-order valence-electron chi connectivity index (χ3n) is 2.30. The molecule has 0 saturated carbocycles. The first-order valence-corrected chi connectivity index (χ1v) is 6.82. The predicted octanol–water partition coefficient (Wildman–Crippen LogP) is 3.20. The van der Waals surface area contributed by atoms with Gasteiger partial charge < -0.3 is 10.2 Å². The molecule has 1 aromatic rings. The molecule has 0 amide bonds. The van der Waals surface area contributed by atoms with Crippen LogP contribution in [0.1, 0.15) is 38.2 Å². The summed E-state index contributed by atoms with van der Waals surface area (Å²) >= 11 is 1.86. The number of thioether (sulfide) groups is 1. The maximum atomic E-state index is 5.93. The fourth-order valence-electron chi connectivity index (χ4n) is 1.45. The summed E-state index contributed by atoms with van der Waals surface area (Å²) in [5, 5.41) is 0. The summed E-state index contributed by atoms with van der Waals surface area (Å²) in [6, 6.07) is 4.46. The van der Waals surface area contributed by atoms with Crippen molar-refractivity contribution >= 4 is 11.8 Å². The van der Waals surface area contributed by atoms with Crippen LogP contribution in [0.5, 0.6) is 0 Å². The van der Waals surface area contributed by atoms with E-state index in [0.29, 0.717) is 6.04 Å². The topological polar surface area (TPSA) is 39.2 Å². The monoisotopic (exact) mass is 227 g/mol. The lowest BCUT2D eigenvalue weighted by atomic mass is 10.2. The molecule has 1 unspecified atom stereocenters. The van der Waals surface area contributed by atoms with Gasteiger partial charge in [-0.1, -0.05) is 20.3 Å². The van der Waals surface area contributed by atoms with E-state index in [4.69, 9.17) is 10.2 Å². The Hall–Kier alpha value is -0.410. The van der Waals surface area contributed by atoms with Gasteiger partial charge in [0.2, 0.25) is 0 Å². The fourth-order valence-corrected chi connectivity index (χ4v) is 2.40. The van der Waals surface area contributed by atoms with Gasteiger partial charge in [-0.25, -0.2) is 0 Å². The molecule has 0 aliphatic rings. The van der Waals surface area contributed by atoms with Gasteiger partial charge in [-0.15, -0.1) is 0 Å². The van der Waals surface area contributed by atoms with Crippen molar-refractivity contribution in [2.75, 3.05) is 5.75 Å². The van der Waals surface area contributed by atoms with E-state index in [-0.39, 0.29) is 0 Å². The summed E-state index contributed by atoms with van der Waals surface area (Å²) in [7, 11) is 0. The maximum Gasteiger partial charge on any atom is 0.114 e. The second kappa shape index (κ2) is 6.96. The van der Waals surface area contributed by atoms with E-state index in [2.05, 4.69) is 26.0 Å². The van der Waals surface area contributed by atoms with Crippen molar-refractivity contribution in [3.8, 4) is 0 Å². The molecule has 1 aromatic heterocycles. The van der Waals surface area contributed by atoms with E-state index in [0.717, 1.165) is 35.9 Å². The zero-order valence-corrected chi connectivity index (χ0v) is 10.5. The molecule has 1 atom stereocenters. The van der Waals surface area contributed by atoms with Crippen molar-refractivity contribution in [2.24, 2.45) is 5.73 Å². The van der Waals surface area contributed by atoms with E-state index < -0.39 is 0 Å². The Kier molecular flexibility index (Phi) is 5.88. The summed E-state index contributed by atoms with van der Waals surface area (Å²) in [4.78, 5) is 0. The molecule has 86 valence electrons. The predicted molar refractivity (Wildman–Crippen MR) is 67.1 cm³/mol. The van der Waals surface area contributed by atoms with Crippen molar-refractivity contribution in [3.63, 3.8) is 0 Å². The van der Waals surface area contributed by atoms with Gasteiger partial charge in [0.05, 0.1) is 5.75 Å². The van der Waals surface area contributed by atoms with Crippen LogP contribution in [-0.2, 0) is 12.2 Å². The average Bonchev–Trinajstić information content (AvgIpc) is 2.66. The minimum atomic E-state index is 0.334. The van der Waals surface area contributed by atoms with Crippen LogP contribution in [0.2, 0.25) is 0 Å². The van der Waals surface area contributed by atoms with Gasteiger partial charge in [0.1, 0.15) is 11.5 Å². The van der Waals surface area contributed by atoms with E-state index in [1.807, 2.05) is 11.8 Å². The van der Waals surface area contributed by atoms with Crippen molar-refractivity contribution in [2.45, 2.75) is 44.9 Å². The molecule has 1 heterocycles. The van der Waals surface area contributed by atoms with Gasteiger partial charge in [-0.2, -0.15) is 11.8 Å². The molecule has 0 fully saturated rings. The molecule has 2 nitrogen and oxygen atoms in total. The van der Waals surface area contributed by atoms with E-state index in [9.17, 15) is 0 Å². The third-order valence-corrected chi connectivity index (χ3v) is 3.45. The highest BCUT2D eigenvalue weighted by Crippen LogP contribution is 2.16. The lowest BCUT2D eigenvalue weighted by Crippen LogP contribution is -2.22. The molecule has 0 bridgehead atoms. The smallest absolute Gasteiger partial charge is 0.114 e. The van der Waals surface area contributed by atoms with Crippen LogP contribution in [0.4, 0.5) is 0 Å². The van der Waals surface area contributed by atoms with E-state index >= 15 is 0 Å². The Bertz CT molecular complexity index is 272. The van der Waals surface area contributed by atoms with Crippen LogP contribution in [0.15, 0.2) is 16.5 Å². The number of rotatable bonds is 7. The summed E-state index contributed by atoms with van der Waals surface area (Å²) in [6.45, 7) is 4.28. The Balaban J connectivity index is 2.19. The SMILES string of the molecule is CCCC(N)CSCc1ccc(CC)o1. The fraction of sp³-hybridized carbons (Fsp3) is 0.667. The summed E-state index contributed by atoms with van der Waals surface area (Å²) < 4.78 is 5.61. The summed E-state index contributed by atoms with van der Waals surface area (Å²) in [6.07, 6.45) is 3.26.